The van der Waals surface area contributed by atoms with E-state index in [9.17, 15) is 19.2 Å². The SMILES string of the molecule is CCOC(=O)c1c(NC(=O)C(=O)N/N=C/c2ccccc2OC(=O)c2ccccc2Cl)sc2c1CCCC2. The molecular weight excluding hydrogens is 530 g/mol. The molecule has 0 aliphatic heterocycles. The standard InChI is InChI=1S/C27H24ClN3O6S/c1-2-36-27(35)22-18-11-5-8-14-21(18)38-25(22)30-23(32)24(33)31-29-15-16-9-3-7-13-20(16)37-26(34)17-10-4-6-12-19(17)28/h3-4,6-7,9-10,12-13,15H,2,5,8,11,14H2,1H3,(H,30,32)(H,31,33)/b29-15+. The Hall–Kier alpha value is -4.02. The number of halogens is 1. The van der Waals surface area contributed by atoms with Crippen LogP contribution >= 0.6 is 22.9 Å². The molecule has 1 heterocycles. The minimum absolute atomic E-state index is 0.183. The Morgan fingerprint density at radius 2 is 1.74 bits per heavy atom. The summed E-state index contributed by atoms with van der Waals surface area (Å²) < 4.78 is 10.6. The molecule has 4 rings (SSSR count). The van der Waals surface area contributed by atoms with Gasteiger partial charge in [-0.15, -0.1) is 11.3 Å². The number of nitrogens with zero attached hydrogens (tertiary/aromatic N) is 1. The summed E-state index contributed by atoms with van der Waals surface area (Å²) in [5.41, 5.74) is 3.91. The van der Waals surface area contributed by atoms with Crippen molar-refractivity contribution in [3.8, 4) is 5.75 Å². The van der Waals surface area contributed by atoms with Crippen molar-refractivity contribution >= 4 is 57.9 Å². The highest BCUT2D eigenvalue weighted by Crippen LogP contribution is 2.38. The summed E-state index contributed by atoms with van der Waals surface area (Å²) in [7, 11) is 0. The maximum Gasteiger partial charge on any atom is 0.345 e. The molecule has 2 amide bonds. The van der Waals surface area contributed by atoms with Crippen molar-refractivity contribution in [2.45, 2.75) is 32.6 Å². The van der Waals surface area contributed by atoms with Crippen LogP contribution < -0.4 is 15.5 Å². The van der Waals surface area contributed by atoms with Crippen molar-refractivity contribution in [3.63, 3.8) is 0 Å². The molecule has 0 fully saturated rings. The first kappa shape index (κ1) is 27.0. The predicted molar refractivity (Wildman–Crippen MR) is 144 cm³/mol. The monoisotopic (exact) mass is 553 g/mol. The van der Waals surface area contributed by atoms with Crippen LogP contribution in [0.15, 0.2) is 53.6 Å². The molecule has 0 unspecified atom stereocenters. The zero-order valence-corrected chi connectivity index (χ0v) is 22.0. The van der Waals surface area contributed by atoms with Gasteiger partial charge in [0.25, 0.3) is 0 Å². The largest absolute Gasteiger partial charge is 0.462 e. The Kier molecular flexibility index (Phi) is 8.88. The van der Waals surface area contributed by atoms with Gasteiger partial charge in [0, 0.05) is 10.4 Å². The third-order valence-electron chi connectivity index (χ3n) is 5.67. The maximum absolute atomic E-state index is 12.6. The van der Waals surface area contributed by atoms with E-state index in [2.05, 4.69) is 15.8 Å². The molecule has 0 saturated carbocycles. The highest BCUT2D eigenvalue weighted by atomic mass is 35.5. The van der Waals surface area contributed by atoms with E-state index >= 15 is 0 Å². The zero-order chi connectivity index (χ0) is 27.1. The van der Waals surface area contributed by atoms with Crippen LogP contribution in [0.25, 0.3) is 0 Å². The number of aryl methyl sites for hydroxylation is 1. The third kappa shape index (κ3) is 6.27. The Balaban J connectivity index is 1.42. The smallest absolute Gasteiger partial charge is 0.345 e. The number of amides is 2. The molecule has 0 saturated heterocycles. The minimum Gasteiger partial charge on any atom is -0.462 e. The first-order valence-corrected chi connectivity index (χ1v) is 13.1. The summed E-state index contributed by atoms with van der Waals surface area (Å²) in [6.45, 7) is 1.90. The maximum atomic E-state index is 12.6. The number of esters is 2. The van der Waals surface area contributed by atoms with Gasteiger partial charge in [-0.25, -0.2) is 15.0 Å². The number of rotatable bonds is 7. The van der Waals surface area contributed by atoms with Crippen molar-refractivity contribution in [1.29, 1.82) is 0 Å². The fraction of sp³-hybridized carbons (Fsp3) is 0.222. The second-order valence-electron chi connectivity index (χ2n) is 8.20. The number of benzene rings is 2. The van der Waals surface area contributed by atoms with E-state index in [-0.39, 0.29) is 27.9 Å². The number of carbonyl (C=O) groups is 4. The highest BCUT2D eigenvalue weighted by Gasteiger charge is 2.28. The van der Waals surface area contributed by atoms with Gasteiger partial charge in [0.1, 0.15) is 10.8 Å². The Morgan fingerprint density at radius 1 is 1.00 bits per heavy atom. The molecule has 2 N–H and O–H groups in total. The molecule has 0 spiro atoms. The van der Waals surface area contributed by atoms with E-state index in [0.717, 1.165) is 29.7 Å². The lowest BCUT2D eigenvalue weighted by molar-refractivity contribution is -0.136. The molecule has 1 aliphatic rings. The van der Waals surface area contributed by atoms with E-state index in [1.807, 2.05) is 0 Å². The first-order chi connectivity index (χ1) is 18.4. The second-order valence-corrected chi connectivity index (χ2v) is 9.71. The minimum atomic E-state index is -1.03. The molecule has 11 heteroatoms. The van der Waals surface area contributed by atoms with Crippen LogP contribution in [0.2, 0.25) is 5.02 Å². The van der Waals surface area contributed by atoms with Gasteiger partial charge in [-0.1, -0.05) is 35.9 Å². The number of ether oxygens (including phenoxy) is 2. The molecule has 2 aromatic carbocycles. The van der Waals surface area contributed by atoms with Gasteiger partial charge in [-0.3, -0.25) is 9.59 Å². The van der Waals surface area contributed by atoms with E-state index in [1.165, 1.54) is 23.6 Å². The Bertz CT molecular complexity index is 1420. The summed E-state index contributed by atoms with van der Waals surface area (Å²) in [6, 6.07) is 13.0. The van der Waals surface area contributed by atoms with Crippen molar-refractivity contribution in [2.24, 2.45) is 5.10 Å². The topological polar surface area (TPSA) is 123 Å². The van der Waals surface area contributed by atoms with Gasteiger partial charge in [-0.2, -0.15) is 5.10 Å². The molecular formula is C27H24ClN3O6S. The van der Waals surface area contributed by atoms with Crippen LogP contribution in [0.3, 0.4) is 0 Å². The quantitative estimate of drug-likeness (QED) is 0.143. The van der Waals surface area contributed by atoms with Crippen LogP contribution in [0.1, 0.15) is 56.5 Å². The van der Waals surface area contributed by atoms with Crippen LogP contribution in [0, 0.1) is 0 Å². The highest BCUT2D eigenvalue weighted by molar-refractivity contribution is 7.17. The van der Waals surface area contributed by atoms with Gasteiger partial charge in [0.05, 0.1) is 29.0 Å². The van der Waals surface area contributed by atoms with E-state index < -0.39 is 23.8 Å². The second kappa shape index (κ2) is 12.5. The summed E-state index contributed by atoms with van der Waals surface area (Å²) in [5, 5.41) is 6.89. The normalized spacial score (nSPS) is 12.5. The van der Waals surface area contributed by atoms with E-state index in [0.29, 0.717) is 17.5 Å². The molecule has 1 aliphatic carbocycles. The molecule has 1 aromatic heterocycles. The molecule has 9 nitrogen and oxygen atoms in total. The molecule has 3 aromatic rings. The number of carbonyl (C=O) groups excluding carboxylic acids is 4. The van der Waals surface area contributed by atoms with Crippen molar-refractivity contribution in [2.75, 3.05) is 11.9 Å². The predicted octanol–water partition coefficient (Wildman–Crippen LogP) is 4.77. The van der Waals surface area contributed by atoms with Crippen LogP contribution in [-0.4, -0.2) is 36.6 Å². The Labute approximate surface area is 227 Å². The van der Waals surface area contributed by atoms with Crippen molar-refractivity contribution in [3.05, 3.63) is 80.7 Å². The Morgan fingerprint density at radius 3 is 2.53 bits per heavy atom. The number of hydrogen-bond acceptors (Lipinski definition) is 8. The number of thiophene rings is 1. The fourth-order valence-electron chi connectivity index (χ4n) is 3.91. The fourth-order valence-corrected chi connectivity index (χ4v) is 5.39. The number of hydrazone groups is 1. The summed E-state index contributed by atoms with van der Waals surface area (Å²) in [4.78, 5) is 51.1. The van der Waals surface area contributed by atoms with Gasteiger partial charge < -0.3 is 14.8 Å². The lowest BCUT2D eigenvalue weighted by Gasteiger charge is -2.12. The molecule has 196 valence electrons. The summed E-state index contributed by atoms with van der Waals surface area (Å²) in [6.07, 6.45) is 4.70. The summed E-state index contributed by atoms with van der Waals surface area (Å²) in [5.74, 6) is -3.01. The number of nitrogens with one attached hydrogen (secondary N) is 2. The van der Waals surface area contributed by atoms with Crippen LogP contribution in [0.5, 0.6) is 5.75 Å². The van der Waals surface area contributed by atoms with Gasteiger partial charge in [0.2, 0.25) is 0 Å². The number of anilines is 1. The first-order valence-electron chi connectivity index (χ1n) is 11.9. The molecule has 0 atom stereocenters. The summed E-state index contributed by atoms with van der Waals surface area (Å²) >= 11 is 7.35. The van der Waals surface area contributed by atoms with Crippen LogP contribution in [0.4, 0.5) is 5.00 Å². The average molecular weight is 554 g/mol. The van der Waals surface area contributed by atoms with Gasteiger partial charge >= 0.3 is 23.8 Å². The number of para-hydroxylation sites is 1. The zero-order valence-electron chi connectivity index (χ0n) is 20.4. The lowest BCUT2D eigenvalue weighted by Crippen LogP contribution is -2.32. The molecule has 0 radical (unpaired) electrons. The third-order valence-corrected chi connectivity index (χ3v) is 7.21. The molecule has 38 heavy (non-hydrogen) atoms. The number of fused-ring (bicyclic) bond motifs is 1. The van der Waals surface area contributed by atoms with Crippen molar-refractivity contribution in [1.82, 2.24) is 5.43 Å². The van der Waals surface area contributed by atoms with Crippen LogP contribution in [-0.2, 0) is 27.2 Å². The van der Waals surface area contributed by atoms with Gasteiger partial charge in [0.15, 0.2) is 0 Å². The number of hydrogen-bond donors (Lipinski definition) is 2. The molecule has 0 bridgehead atoms. The van der Waals surface area contributed by atoms with E-state index in [1.54, 1.807) is 49.4 Å². The average Bonchev–Trinajstić information content (AvgIpc) is 3.27. The lowest BCUT2D eigenvalue weighted by atomic mass is 9.95. The van der Waals surface area contributed by atoms with Crippen molar-refractivity contribution < 1.29 is 28.7 Å². The van der Waals surface area contributed by atoms with E-state index in [4.69, 9.17) is 21.1 Å². The van der Waals surface area contributed by atoms with Gasteiger partial charge in [-0.05, 0) is 62.4 Å².